The van der Waals surface area contributed by atoms with E-state index in [-0.39, 0.29) is 5.91 Å². The number of nitrogens with one attached hydrogen (secondary N) is 1. The van der Waals surface area contributed by atoms with Crippen molar-refractivity contribution in [2.45, 2.75) is 20.8 Å². The predicted molar refractivity (Wildman–Crippen MR) is 71.4 cm³/mol. The predicted octanol–water partition coefficient (Wildman–Crippen LogP) is 2.62. The fraction of sp³-hybridized carbons (Fsp3) is 0.417. The van der Waals surface area contributed by atoms with Gasteiger partial charge in [0.05, 0.1) is 17.1 Å². The van der Waals surface area contributed by atoms with Crippen LogP contribution in [0.2, 0.25) is 0 Å². The zero-order valence-electron chi connectivity index (χ0n) is 10.7. The lowest BCUT2D eigenvalue weighted by atomic mass is 9.96. The molecular formula is C12H15BrN2O3. The van der Waals surface area contributed by atoms with E-state index in [0.29, 0.717) is 15.9 Å². The number of methoxy groups -OCH3 is 1. The van der Waals surface area contributed by atoms with Gasteiger partial charge in [0.1, 0.15) is 5.82 Å². The number of ether oxygens (including phenoxy) is 1. The highest BCUT2D eigenvalue weighted by Gasteiger charge is 2.22. The third kappa shape index (κ3) is 3.53. The van der Waals surface area contributed by atoms with Gasteiger partial charge in [-0.3, -0.25) is 4.79 Å². The summed E-state index contributed by atoms with van der Waals surface area (Å²) in [6.45, 7) is 5.41. The van der Waals surface area contributed by atoms with E-state index in [1.54, 1.807) is 26.8 Å². The molecule has 0 spiro atoms. The van der Waals surface area contributed by atoms with E-state index in [9.17, 15) is 9.59 Å². The van der Waals surface area contributed by atoms with Crippen LogP contribution in [-0.2, 0) is 9.53 Å². The quantitative estimate of drug-likeness (QED) is 0.852. The lowest BCUT2D eigenvalue weighted by Crippen LogP contribution is -2.28. The molecule has 98 valence electrons. The number of aromatic nitrogens is 1. The van der Waals surface area contributed by atoms with E-state index in [2.05, 4.69) is 31.0 Å². The molecule has 1 heterocycles. The van der Waals surface area contributed by atoms with Crippen LogP contribution in [0.4, 0.5) is 5.82 Å². The molecule has 0 aliphatic heterocycles. The lowest BCUT2D eigenvalue weighted by molar-refractivity contribution is -0.123. The van der Waals surface area contributed by atoms with Crippen molar-refractivity contribution >= 4 is 33.6 Å². The Hall–Kier alpha value is -1.43. The minimum atomic E-state index is -0.512. The Bertz CT molecular complexity index is 481. The highest BCUT2D eigenvalue weighted by Crippen LogP contribution is 2.23. The van der Waals surface area contributed by atoms with Gasteiger partial charge in [-0.25, -0.2) is 9.78 Å². The van der Waals surface area contributed by atoms with E-state index in [4.69, 9.17) is 0 Å². The lowest BCUT2D eigenvalue weighted by Gasteiger charge is -2.17. The summed E-state index contributed by atoms with van der Waals surface area (Å²) < 4.78 is 5.11. The first-order valence-electron chi connectivity index (χ1n) is 5.31. The van der Waals surface area contributed by atoms with Gasteiger partial charge in [-0.2, -0.15) is 0 Å². The first kappa shape index (κ1) is 14.6. The van der Waals surface area contributed by atoms with Crippen molar-refractivity contribution in [1.82, 2.24) is 4.98 Å². The fourth-order valence-corrected chi connectivity index (χ4v) is 1.50. The summed E-state index contributed by atoms with van der Waals surface area (Å²) in [4.78, 5) is 27.1. The SMILES string of the molecule is COC(=O)c1cnc(NC(=O)C(C)(C)C)c(Br)c1. The van der Waals surface area contributed by atoms with Gasteiger partial charge in [0.15, 0.2) is 0 Å². The van der Waals surface area contributed by atoms with E-state index >= 15 is 0 Å². The Labute approximate surface area is 114 Å². The number of carbonyl (C=O) groups is 2. The van der Waals surface area contributed by atoms with Gasteiger partial charge in [-0.1, -0.05) is 20.8 Å². The summed E-state index contributed by atoms with van der Waals surface area (Å²) in [5, 5.41) is 2.69. The Morgan fingerprint density at radius 1 is 1.39 bits per heavy atom. The number of anilines is 1. The van der Waals surface area contributed by atoms with Crippen LogP contribution < -0.4 is 5.32 Å². The molecule has 0 saturated carbocycles. The van der Waals surface area contributed by atoms with Crippen LogP contribution in [-0.4, -0.2) is 24.0 Å². The number of rotatable bonds is 2. The number of carbonyl (C=O) groups excluding carboxylic acids is 2. The molecule has 0 aliphatic carbocycles. The van der Waals surface area contributed by atoms with Crippen LogP contribution >= 0.6 is 15.9 Å². The third-order valence-corrected chi connectivity index (χ3v) is 2.78. The molecule has 1 rings (SSSR count). The molecule has 0 saturated heterocycles. The molecule has 5 nitrogen and oxygen atoms in total. The number of halogens is 1. The monoisotopic (exact) mass is 314 g/mol. The molecule has 0 radical (unpaired) electrons. The zero-order valence-corrected chi connectivity index (χ0v) is 12.3. The molecule has 18 heavy (non-hydrogen) atoms. The van der Waals surface area contributed by atoms with Gasteiger partial charge in [-0.05, 0) is 22.0 Å². The molecule has 0 unspecified atom stereocenters. The van der Waals surface area contributed by atoms with Crippen LogP contribution in [0.3, 0.4) is 0 Å². The van der Waals surface area contributed by atoms with Crippen molar-refractivity contribution in [3.8, 4) is 0 Å². The van der Waals surface area contributed by atoms with Crippen molar-refractivity contribution in [1.29, 1.82) is 0 Å². The van der Waals surface area contributed by atoms with Crippen LogP contribution in [0.15, 0.2) is 16.7 Å². The van der Waals surface area contributed by atoms with Gasteiger partial charge in [0.2, 0.25) is 5.91 Å². The van der Waals surface area contributed by atoms with Crippen molar-refractivity contribution in [2.75, 3.05) is 12.4 Å². The van der Waals surface area contributed by atoms with Gasteiger partial charge < -0.3 is 10.1 Å². The summed E-state index contributed by atoms with van der Waals surface area (Å²) in [6, 6.07) is 1.55. The van der Waals surface area contributed by atoms with Gasteiger partial charge in [-0.15, -0.1) is 0 Å². The topological polar surface area (TPSA) is 68.3 Å². The third-order valence-electron chi connectivity index (χ3n) is 2.18. The second kappa shape index (κ2) is 5.48. The second-order valence-electron chi connectivity index (χ2n) is 4.75. The number of nitrogens with zero attached hydrogens (tertiary/aromatic N) is 1. The van der Waals surface area contributed by atoms with Crippen LogP contribution in [0.1, 0.15) is 31.1 Å². The van der Waals surface area contributed by atoms with Gasteiger partial charge in [0, 0.05) is 11.6 Å². The summed E-state index contributed by atoms with van der Waals surface area (Å²) in [5.41, 5.74) is -0.194. The Balaban J connectivity index is 2.94. The standard InChI is InChI=1S/C12H15BrN2O3/c1-12(2,3)11(17)15-9-8(13)5-7(6-14-9)10(16)18-4/h5-6H,1-4H3,(H,14,15,17). The van der Waals surface area contributed by atoms with E-state index in [0.717, 1.165) is 0 Å². The Morgan fingerprint density at radius 3 is 2.44 bits per heavy atom. The largest absolute Gasteiger partial charge is 0.465 e. The van der Waals surface area contributed by atoms with Crippen molar-refractivity contribution in [2.24, 2.45) is 5.41 Å². The number of pyridine rings is 1. The highest BCUT2D eigenvalue weighted by atomic mass is 79.9. The average molecular weight is 315 g/mol. The van der Waals surface area contributed by atoms with Gasteiger partial charge >= 0.3 is 5.97 Å². The molecule has 0 aromatic carbocycles. The normalized spacial score (nSPS) is 10.9. The molecule has 0 fully saturated rings. The molecule has 0 atom stereocenters. The maximum Gasteiger partial charge on any atom is 0.339 e. The molecule has 6 heteroatoms. The fourth-order valence-electron chi connectivity index (χ4n) is 1.05. The number of hydrogen-bond donors (Lipinski definition) is 1. The first-order chi connectivity index (χ1) is 8.25. The molecule has 0 bridgehead atoms. The smallest absolute Gasteiger partial charge is 0.339 e. The average Bonchev–Trinajstić information content (AvgIpc) is 2.29. The molecule has 0 aliphatic rings. The summed E-state index contributed by atoms with van der Waals surface area (Å²) in [5.74, 6) is -0.249. The number of hydrogen-bond acceptors (Lipinski definition) is 4. The van der Waals surface area contributed by atoms with Crippen LogP contribution in [0, 0.1) is 5.41 Å². The van der Waals surface area contributed by atoms with E-state index < -0.39 is 11.4 Å². The van der Waals surface area contributed by atoms with E-state index in [1.807, 2.05) is 0 Å². The highest BCUT2D eigenvalue weighted by molar-refractivity contribution is 9.10. The van der Waals surface area contributed by atoms with Crippen molar-refractivity contribution < 1.29 is 14.3 Å². The minimum Gasteiger partial charge on any atom is -0.465 e. The van der Waals surface area contributed by atoms with Crippen molar-refractivity contribution in [3.63, 3.8) is 0 Å². The maximum absolute atomic E-state index is 11.8. The summed E-state index contributed by atoms with van der Waals surface area (Å²) in [6.07, 6.45) is 1.36. The van der Waals surface area contributed by atoms with Crippen LogP contribution in [0.25, 0.3) is 0 Å². The second-order valence-corrected chi connectivity index (χ2v) is 5.60. The Morgan fingerprint density at radius 2 is 2.00 bits per heavy atom. The minimum absolute atomic E-state index is 0.151. The zero-order chi connectivity index (χ0) is 13.9. The Kier molecular flexibility index (Phi) is 4.45. The van der Waals surface area contributed by atoms with Crippen molar-refractivity contribution in [3.05, 3.63) is 22.3 Å². The first-order valence-corrected chi connectivity index (χ1v) is 6.10. The molecule has 1 aromatic rings. The molecule has 1 N–H and O–H groups in total. The van der Waals surface area contributed by atoms with Crippen LogP contribution in [0.5, 0.6) is 0 Å². The summed E-state index contributed by atoms with van der Waals surface area (Å²) >= 11 is 3.25. The molecular weight excluding hydrogens is 300 g/mol. The number of esters is 1. The summed E-state index contributed by atoms with van der Waals surface area (Å²) in [7, 11) is 1.30. The van der Waals surface area contributed by atoms with Gasteiger partial charge in [0.25, 0.3) is 0 Å². The molecule has 1 amide bonds. The number of amides is 1. The molecule has 1 aromatic heterocycles. The maximum atomic E-state index is 11.8. The van der Waals surface area contributed by atoms with E-state index in [1.165, 1.54) is 13.3 Å².